The van der Waals surface area contributed by atoms with Gasteiger partial charge in [0.2, 0.25) is 0 Å². The molecule has 5 nitrogen and oxygen atoms in total. The third-order valence-electron chi connectivity index (χ3n) is 2.46. The number of tetrazole rings is 1. The van der Waals surface area contributed by atoms with Crippen LogP contribution >= 0.6 is 0 Å². The highest BCUT2D eigenvalue weighted by Gasteiger charge is 2.42. The molecule has 0 aliphatic heterocycles. The fourth-order valence-corrected chi connectivity index (χ4v) is 1.41. The summed E-state index contributed by atoms with van der Waals surface area (Å²) in [4.78, 5) is 0. The smallest absolute Gasteiger partial charge is 0.307 e. The van der Waals surface area contributed by atoms with Crippen LogP contribution in [0, 0.1) is 5.92 Å². The quantitative estimate of drug-likeness (QED) is 0.776. The van der Waals surface area contributed by atoms with Gasteiger partial charge in [-0.2, -0.15) is 8.78 Å². The van der Waals surface area contributed by atoms with Crippen LogP contribution in [-0.2, 0) is 6.54 Å². The average molecular weight is 283 g/mol. The standard InChI is InChI=1S/C10H17F4N5/c1-6(2)4-15-7(3)8-16-17-18-19(8)5-10(13,14)9(11)12/h6-7,9,15H,4-5H2,1-3H3. The van der Waals surface area contributed by atoms with Crippen molar-refractivity contribution in [2.24, 2.45) is 5.92 Å². The summed E-state index contributed by atoms with van der Waals surface area (Å²) in [6.07, 6.45) is -3.75. The van der Waals surface area contributed by atoms with E-state index in [1.807, 2.05) is 13.8 Å². The van der Waals surface area contributed by atoms with Crippen LogP contribution in [0.4, 0.5) is 17.6 Å². The third kappa shape index (κ3) is 4.41. The summed E-state index contributed by atoms with van der Waals surface area (Å²) in [5.74, 6) is -3.68. The van der Waals surface area contributed by atoms with Crippen molar-refractivity contribution in [1.82, 2.24) is 25.5 Å². The Kier molecular flexibility index (Phi) is 5.21. The van der Waals surface area contributed by atoms with Gasteiger partial charge in [-0.25, -0.2) is 13.5 Å². The van der Waals surface area contributed by atoms with Gasteiger partial charge in [0.05, 0.1) is 6.04 Å². The number of hydrogen-bond donors (Lipinski definition) is 1. The van der Waals surface area contributed by atoms with Gasteiger partial charge in [-0.3, -0.25) is 0 Å². The predicted octanol–water partition coefficient (Wildman–Crippen LogP) is 1.88. The number of halogens is 4. The van der Waals surface area contributed by atoms with Gasteiger partial charge in [0.1, 0.15) is 6.54 Å². The van der Waals surface area contributed by atoms with E-state index in [0.717, 1.165) is 0 Å². The number of hydrogen-bond acceptors (Lipinski definition) is 4. The second-order valence-electron chi connectivity index (χ2n) is 4.78. The summed E-state index contributed by atoms with van der Waals surface area (Å²) in [6, 6.07) is -0.397. The van der Waals surface area contributed by atoms with Crippen LogP contribution in [0.2, 0.25) is 0 Å². The Hall–Kier alpha value is -1.25. The molecule has 0 fully saturated rings. The summed E-state index contributed by atoms with van der Waals surface area (Å²) < 4.78 is 51.0. The highest BCUT2D eigenvalue weighted by Crippen LogP contribution is 2.25. The van der Waals surface area contributed by atoms with Crippen LogP contribution in [0.25, 0.3) is 0 Å². The number of aromatic nitrogens is 4. The van der Waals surface area contributed by atoms with E-state index in [1.54, 1.807) is 6.92 Å². The molecule has 0 saturated carbocycles. The fraction of sp³-hybridized carbons (Fsp3) is 0.900. The van der Waals surface area contributed by atoms with Crippen LogP contribution in [0.15, 0.2) is 0 Å². The van der Waals surface area contributed by atoms with Crippen molar-refractivity contribution >= 4 is 0 Å². The van der Waals surface area contributed by atoms with Crippen molar-refractivity contribution in [2.75, 3.05) is 6.54 Å². The van der Waals surface area contributed by atoms with Crippen molar-refractivity contribution < 1.29 is 17.6 Å². The minimum Gasteiger partial charge on any atom is -0.307 e. The number of nitrogens with one attached hydrogen (secondary N) is 1. The topological polar surface area (TPSA) is 55.6 Å². The molecule has 1 heterocycles. The molecule has 0 aliphatic rings. The normalized spacial score (nSPS) is 14.4. The van der Waals surface area contributed by atoms with Crippen LogP contribution < -0.4 is 5.32 Å². The van der Waals surface area contributed by atoms with E-state index in [4.69, 9.17) is 0 Å². The van der Waals surface area contributed by atoms with E-state index in [2.05, 4.69) is 20.8 Å². The molecule has 9 heteroatoms. The molecule has 0 saturated heterocycles. The lowest BCUT2D eigenvalue weighted by Crippen LogP contribution is -2.34. The zero-order valence-corrected chi connectivity index (χ0v) is 10.9. The van der Waals surface area contributed by atoms with Crippen LogP contribution in [0.3, 0.4) is 0 Å². The van der Waals surface area contributed by atoms with E-state index in [1.165, 1.54) is 0 Å². The first-order chi connectivity index (χ1) is 8.74. The predicted molar refractivity (Wildman–Crippen MR) is 60.0 cm³/mol. The molecule has 0 aliphatic carbocycles. The molecule has 1 aromatic rings. The first-order valence-corrected chi connectivity index (χ1v) is 5.89. The lowest BCUT2D eigenvalue weighted by Gasteiger charge is -2.18. The Morgan fingerprint density at radius 1 is 1.26 bits per heavy atom. The number of alkyl halides is 4. The molecule has 0 radical (unpaired) electrons. The molecule has 1 rings (SSSR count). The molecule has 110 valence electrons. The van der Waals surface area contributed by atoms with Gasteiger partial charge in [-0.1, -0.05) is 13.8 Å². The zero-order chi connectivity index (χ0) is 14.6. The van der Waals surface area contributed by atoms with Gasteiger partial charge >= 0.3 is 12.3 Å². The monoisotopic (exact) mass is 283 g/mol. The maximum atomic E-state index is 13.0. The third-order valence-corrected chi connectivity index (χ3v) is 2.46. The highest BCUT2D eigenvalue weighted by atomic mass is 19.3. The molecule has 0 bridgehead atoms. The van der Waals surface area contributed by atoms with Crippen molar-refractivity contribution in [3.8, 4) is 0 Å². The van der Waals surface area contributed by atoms with Gasteiger partial charge in [0.25, 0.3) is 0 Å². The number of nitrogens with zero attached hydrogens (tertiary/aromatic N) is 4. The molecule has 1 N–H and O–H groups in total. The van der Waals surface area contributed by atoms with Crippen molar-refractivity contribution in [3.63, 3.8) is 0 Å². The lowest BCUT2D eigenvalue weighted by atomic mass is 10.2. The minimum absolute atomic E-state index is 0.112. The average Bonchev–Trinajstić information content (AvgIpc) is 2.73. The largest absolute Gasteiger partial charge is 0.326 e. The Morgan fingerprint density at radius 2 is 1.89 bits per heavy atom. The van der Waals surface area contributed by atoms with E-state index < -0.39 is 24.9 Å². The van der Waals surface area contributed by atoms with Gasteiger partial charge in [-0.15, -0.1) is 5.10 Å². The molecule has 1 aromatic heterocycles. The highest BCUT2D eigenvalue weighted by molar-refractivity contribution is 4.91. The van der Waals surface area contributed by atoms with E-state index in [0.29, 0.717) is 17.1 Å². The van der Waals surface area contributed by atoms with Gasteiger partial charge in [0.15, 0.2) is 5.82 Å². The Morgan fingerprint density at radius 3 is 2.42 bits per heavy atom. The molecule has 0 amide bonds. The molecule has 0 spiro atoms. The summed E-state index contributed by atoms with van der Waals surface area (Å²) in [7, 11) is 0. The lowest BCUT2D eigenvalue weighted by molar-refractivity contribution is -0.140. The zero-order valence-electron chi connectivity index (χ0n) is 10.9. The molecular weight excluding hydrogens is 266 g/mol. The fourth-order valence-electron chi connectivity index (χ4n) is 1.41. The maximum Gasteiger partial charge on any atom is 0.326 e. The second-order valence-corrected chi connectivity index (χ2v) is 4.78. The minimum atomic E-state index is -4.15. The van der Waals surface area contributed by atoms with Gasteiger partial charge < -0.3 is 5.32 Å². The number of rotatable bonds is 7. The SMILES string of the molecule is CC(C)CNC(C)c1nnnn1CC(F)(F)C(F)F. The Bertz CT molecular complexity index is 393. The summed E-state index contributed by atoms with van der Waals surface area (Å²) in [5.41, 5.74) is 0. The molecule has 19 heavy (non-hydrogen) atoms. The van der Waals surface area contributed by atoms with Crippen molar-refractivity contribution in [1.29, 1.82) is 0 Å². The molecular formula is C10H17F4N5. The van der Waals surface area contributed by atoms with Crippen molar-refractivity contribution in [2.45, 2.75) is 45.7 Å². The summed E-state index contributed by atoms with van der Waals surface area (Å²) in [5, 5.41) is 13.2. The van der Waals surface area contributed by atoms with E-state index >= 15 is 0 Å². The Labute approximate surface area is 108 Å². The molecule has 1 atom stereocenters. The molecule has 1 unspecified atom stereocenters. The van der Waals surface area contributed by atoms with Gasteiger partial charge in [-0.05, 0) is 29.8 Å². The van der Waals surface area contributed by atoms with Crippen LogP contribution in [0.1, 0.15) is 32.6 Å². The molecule has 0 aromatic carbocycles. The van der Waals surface area contributed by atoms with Crippen LogP contribution in [0.5, 0.6) is 0 Å². The summed E-state index contributed by atoms with van der Waals surface area (Å²) in [6.45, 7) is 5.05. The maximum absolute atomic E-state index is 13.0. The van der Waals surface area contributed by atoms with Crippen molar-refractivity contribution in [3.05, 3.63) is 5.82 Å². The van der Waals surface area contributed by atoms with Crippen LogP contribution in [-0.4, -0.2) is 39.1 Å². The van der Waals surface area contributed by atoms with E-state index in [-0.39, 0.29) is 5.82 Å². The van der Waals surface area contributed by atoms with E-state index in [9.17, 15) is 17.6 Å². The summed E-state index contributed by atoms with van der Waals surface area (Å²) >= 11 is 0. The van der Waals surface area contributed by atoms with Gasteiger partial charge in [0, 0.05) is 0 Å². The second kappa shape index (κ2) is 6.27. The Balaban J connectivity index is 2.75. The first-order valence-electron chi connectivity index (χ1n) is 5.89. The first kappa shape index (κ1) is 15.8.